The second kappa shape index (κ2) is 6.99. The summed E-state index contributed by atoms with van der Waals surface area (Å²) in [5, 5.41) is 3.85. The number of benzene rings is 1. The largest absolute Gasteiger partial charge is 0.302 e. The molecule has 2 heterocycles. The third-order valence-corrected chi connectivity index (χ3v) is 5.78. The number of likely N-dealkylation sites (tertiary alicyclic amines) is 1. The molecule has 0 unspecified atom stereocenters. The average Bonchev–Trinajstić information content (AvgIpc) is 2.93. The summed E-state index contributed by atoms with van der Waals surface area (Å²) in [5.41, 5.74) is 0. The molecular weight excluding hydrogens is 300 g/mol. The number of unbranched alkanes of at least 4 members (excludes halogenated alkanes) is 1. The maximum atomic E-state index is 6.44. The van der Waals surface area contributed by atoms with Crippen LogP contribution in [0, 0.1) is 0 Å². The lowest BCUT2D eigenvalue weighted by Gasteiger charge is -2.15. The zero-order chi connectivity index (χ0) is 14.7. The predicted octanol–water partition coefficient (Wildman–Crippen LogP) is 4.85. The lowest BCUT2D eigenvalue weighted by molar-refractivity contribution is 0.333. The van der Waals surface area contributed by atoms with Crippen molar-refractivity contribution in [1.29, 1.82) is 0 Å². The van der Waals surface area contributed by atoms with Gasteiger partial charge in [-0.1, -0.05) is 24.9 Å². The van der Waals surface area contributed by atoms with E-state index >= 15 is 0 Å². The highest BCUT2D eigenvalue weighted by Crippen LogP contribution is 2.36. The van der Waals surface area contributed by atoms with Crippen molar-refractivity contribution in [2.24, 2.45) is 0 Å². The number of hydrogen-bond acceptors (Lipinski definition) is 3. The van der Waals surface area contributed by atoms with E-state index in [0.717, 1.165) is 10.4 Å². The van der Waals surface area contributed by atoms with Gasteiger partial charge in [0.1, 0.15) is 0 Å². The maximum absolute atomic E-state index is 6.44. The number of rotatable bonds is 5. The molecule has 1 aliphatic heterocycles. The van der Waals surface area contributed by atoms with Gasteiger partial charge >= 0.3 is 0 Å². The summed E-state index contributed by atoms with van der Waals surface area (Å²) < 4.78 is 0. The van der Waals surface area contributed by atoms with Crippen molar-refractivity contribution in [1.82, 2.24) is 9.88 Å². The molecule has 1 aromatic heterocycles. The number of thioether (sulfide) groups is 1. The highest BCUT2D eigenvalue weighted by molar-refractivity contribution is 8.00. The van der Waals surface area contributed by atoms with Crippen LogP contribution in [-0.4, -0.2) is 34.8 Å². The molecule has 4 heteroatoms. The third-order valence-electron chi connectivity index (χ3n) is 4.04. The monoisotopic (exact) mass is 320 g/mol. The number of pyridine rings is 1. The van der Waals surface area contributed by atoms with Crippen LogP contribution in [0.3, 0.4) is 0 Å². The number of aromatic nitrogens is 1. The first-order chi connectivity index (χ1) is 10.3. The summed E-state index contributed by atoms with van der Waals surface area (Å²) in [5.74, 6) is 0. The van der Waals surface area contributed by atoms with Crippen molar-refractivity contribution < 1.29 is 0 Å². The van der Waals surface area contributed by atoms with Crippen LogP contribution in [0.15, 0.2) is 35.5 Å². The van der Waals surface area contributed by atoms with E-state index in [2.05, 4.69) is 28.9 Å². The van der Waals surface area contributed by atoms with Gasteiger partial charge in [0.15, 0.2) is 0 Å². The van der Waals surface area contributed by atoms with Gasteiger partial charge in [-0.2, -0.15) is 0 Å². The van der Waals surface area contributed by atoms with Crippen LogP contribution in [0.5, 0.6) is 0 Å². The first kappa shape index (κ1) is 15.1. The smallest absolute Gasteiger partial charge is 0.0548 e. The second-order valence-electron chi connectivity index (χ2n) is 5.69. The molecule has 2 aromatic rings. The van der Waals surface area contributed by atoms with Crippen LogP contribution >= 0.6 is 23.4 Å². The van der Waals surface area contributed by atoms with Gasteiger partial charge in [0.2, 0.25) is 0 Å². The normalized spacial score (nSPS) is 19.4. The van der Waals surface area contributed by atoms with Crippen molar-refractivity contribution in [3.63, 3.8) is 0 Å². The van der Waals surface area contributed by atoms with E-state index in [0.29, 0.717) is 5.25 Å². The van der Waals surface area contributed by atoms with Gasteiger partial charge in [-0.3, -0.25) is 4.98 Å². The Morgan fingerprint density at radius 2 is 2.29 bits per heavy atom. The highest BCUT2D eigenvalue weighted by atomic mass is 35.5. The minimum absolute atomic E-state index is 0.665. The lowest BCUT2D eigenvalue weighted by atomic mass is 10.2. The fourth-order valence-electron chi connectivity index (χ4n) is 2.84. The molecular formula is C17H21ClN2S. The van der Waals surface area contributed by atoms with E-state index in [9.17, 15) is 0 Å². The van der Waals surface area contributed by atoms with Gasteiger partial charge in [0, 0.05) is 34.5 Å². The summed E-state index contributed by atoms with van der Waals surface area (Å²) >= 11 is 8.38. The Kier molecular flexibility index (Phi) is 5.04. The molecule has 0 amide bonds. The van der Waals surface area contributed by atoms with E-state index in [1.165, 1.54) is 49.2 Å². The molecule has 2 nitrogen and oxygen atoms in total. The maximum Gasteiger partial charge on any atom is 0.0548 e. The molecule has 0 aliphatic carbocycles. The number of halogens is 1. The molecule has 21 heavy (non-hydrogen) atoms. The Morgan fingerprint density at radius 1 is 1.38 bits per heavy atom. The van der Waals surface area contributed by atoms with Crippen LogP contribution in [-0.2, 0) is 0 Å². The standard InChI is InChI=1S/C17H21ClN2S/c1-2-3-7-20-8-5-15(12-20)21-17-10-13-4-6-19-11-14(13)9-16(17)18/h4,6,9-11,15H,2-3,5,7-8,12H2,1H3/t15-/m0/s1. The summed E-state index contributed by atoms with van der Waals surface area (Å²) in [6.07, 6.45) is 7.56. The first-order valence-electron chi connectivity index (χ1n) is 7.68. The van der Waals surface area contributed by atoms with E-state index < -0.39 is 0 Å². The zero-order valence-electron chi connectivity index (χ0n) is 12.4. The molecule has 1 aromatic carbocycles. The van der Waals surface area contributed by atoms with Gasteiger partial charge < -0.3 is 4.90 Å². The van der Waals surface area contributed by atoms with Gasteiger partial charge in [-0.15, -0.1) is 11.8 Å². The Labute approximate surface area is 135 Å². The van der Waals surface area contributed by atoms with Crippen molar-refractivity contribution in [2.45, 2.75) is 36.3 Å². The molecule has 0 saturated carbocycles. The zero-order valence-corrected chi connectivity index (χ0v) is 14.0. The Hall–Kier alpha value is -0.770. The summed E-state index contributed by atoms with van der Waals surface area (Å²) in [4.78, 5) is 7.94. The minimum Gasteiger partial charge on any atom is -0.302 e. The Morgan fingerprint density at radius 3 is 3.14 bits per heavy atom. The number of hydrogen-bond donors (Lipinski definition) is 0. The van der Waals surface area contributed by atoms with Gasteiger partial charge in [-0.05, 0) is 49.5 Å². The Balaban J connectivity index is 1.69. The molecule has 0 bridgehead atoms. The summed E-state index contributed by atoms with van der Waals surface area (Å²) in [6.45, 7) is 5.92. The molecule has 0 N–H and O–H groups in total. The van der Waals surface area contributed by atoms with Crippen LogP contribution < -0.4 is 0 Å². The van der Waals surface area contributed by atoms with E-state index in [-0.39, 0.29) is 0 Å². The second-order valence-corrected chi connectivity index (χ2v) is 7.44. The third kappa shape index (κ3) is 3.71. The van der Waals surface area contributed by atoms with E-state index in [1.807, 2.05) is 30.2 Å². The number of fused-ring (bicyclic) bond motifs is 1. The van der Waals surface area contributed by atoms with Crippen molar-refractivity contribution >= 4 is 34.1 Å². The number of nitrogens with zero attached hydrogens (tertiary/aromatic N) is 2. The summed E-state index contributed by atoms with van der Waals surface area (Å²) in [6, 6.07) is 6.30. The van der Waals surface area contributed by atoms with Crippen molar-refractivity contribution in [3.05, 3.63) is 35.6 Å². The highest BCUT2D eigenvalue weighted by Gasteiger charge is 2.23. The predicted molar refractivity (Wildman–Crippen MR) is 92.4 cm³/mol. The lowest BCUT2D eigenvalue weighted by Crippen LogP contribution is -2.22. The minimum atomic E-state index is 0.665. The van der Waals surface area contributed by atoms with Gasteiger partial charge in [0.25, 0.3) is 0 Å². The van der Waals surface area contributed by atoms with Gasteiger partial charge in [0.05, 0.1) is 5.02 Å². The van der Waals surface area contributed by atoms with Gasteiger partial charge in [-0.25, -0.2) is 0 Å². The molecule has 0 radical (unpaired) electrons. The molecule has 0 spiro atoms. The van der Waals surface area contributed by atoms with E-state index in [4.69, 9.17) is 11.6 Å². The van der Waals surface area contributed by atoms with E-state index in [1.54, 1.807) is 0 Å². The van der Waals surface area contributed by atoms with Crippen LogP contribution in [0.4, 0.5) is 0 Å². The average molecular weight is 321 g/mol. The molecule has 3 rings (SSSR count). The van der Waals surface area contributed by atoms with Crippen molar-refractivity contribution in [2.75, 3.05) is 19.6 Å². The van der Waals surface area contributed by atoms with Crippen LogP contribution in [0.2, 0.25) is 5.02 Å². The first-order valence-corrected chi connectivity index (χ1v) is 8.94. The fraction of sp³-hybridized carbons (Fsp3) is 0.471. The van der Waals surface area contributed by atoms with Crippen LogP contribution in [0.25, 0.3) is 10.8 Å². The van der Waals surface area contributed by atoms with Crippen LogP contribution in [0.1, 0.15) is 26.2 Å². The SMILES string of the molecule is CCCCN1CC[C@H](Sc2cc3ccncc3cc2Cl)C1. The topological polar surface area (TPSA) is 16.1 Å². The summed E-state index contributed by atoms with van der Waals surface area (Å²) in [7, 11) is 0. The molecule has 1 saturated heterocycles. The quantitative estimate of drug-likeness (QED) is 0.783. The fourth-order valence-corrected chi connectivity index (χ4v) is 4.38. The molecule has 1 atom stereocenters. The Bertz CT molecular complexity index is 617. The molecule has 1 aliphatic rings. The molecule has 112 valence electrons. The molecule has 1 fully saturated rings. The van der Waals surface area contributed by atoms with Crippen molar-refractivity contribution in [3.8, 4) is 0 Å².